The van der Waals surface area contributed by atoms with Crippen LogP contribution >= 0.6 is 0 Å². The zero-order chi connectivity index (χ0) is 15.4. The van der Waals surface area contributed by atoms with Crippen molar-refractivity contribution in [3.8, 4) is 0 Å². The lowest BCUT2D eigenvalue weighted by atomic mass is 10.00. The molecule has 0 saturated carbocycles. The molecule has 1 aliphatic rings. The molecule has 0 bridgehead atoms. The predicted molar refractivity (Wildman–Crippen MR) is 89.2 cm³/mol. The van der Waals surface area contributed by atoms with Gasteiger partial charge in [0.25, 0.3) is 0 Å². The van der Waals surface area contributed by atoms with Gasteiger partial charge in [-0.05, 0) is 44.9 Å². The highest BCUT2D eigenvalue weighted by molar-refractivity contribution is 7.85. The van der Waals surface area contributed by atoms with Crippen LogP contribution in [0.25, 0.3) is 0 Å². The highest BCUT2D eigenvalue weighted by atomic mass is 32.2. The van der Waals surface area contributed by atoms with Crippen LogP contribution in [0.5, 0.6) is 0 Å². The third-order valence-electron chi connectivity index (χ3n) is 4.24. The molecule has 1 saturated heterocycles. The van der Waals surface area contributed by atoms with E-state index in [0.29, 0.717) is 5.75 Å². The summed E-state index contributed by atoms with van der Waals surface area (Å²) in [5, 5.41) is 3.68. The first-order valence-electron chi connectivity index (χ1n) is 7.82. The molecule has 1 aliphatic heterocycles. The van der Waals surface area contributed by atoms with Crippen LogP contribution in [0.3, 0.4) is 0 Å². The molecular weight excluding hydrogens is 282 g/mol. The summed E-state index contributed by atoms with van der Waals surface area (Å²) in [6.07, 6.45) is 1.03. The molecule has 1 heterocycles. The molecule has 1 fully saturated rings. The van der Waals surface area contributed by atoms with Crippen LogP contribution in [0.2, 0.25) is 0 Å². The van der Waals surface area contributed by atoms with Crippen molar-refractivity contribution in [2.24, 2.45) is 0 Å². The van der Waals surface area contributed by atoms with Crippen molar-refractivity contribution < 1.29 is 8.95 Å². The van der Waals surface area contributed by atoms with E-state index in [-0.39, 0.29) is 17.4 Å². The van der Waals surface area contributed by atoms with Crippen LogP contribution in [-0.4, -0.2) is 34.5 Å². The fourth-order valence-electron chi connectivity index (χ4n) is 2.99. The van der Waals surface area contributed by atoms with Gasteiger partial charge in [-0.2, -0.15) is 0 Å². The number of hydrogen-bond donors (Lipinski definition) is 1. The number of aryl methyl sites for hydroxylation is 2. The van der Waals surface area contributed by atoms with E-state index in [4.69, 9.17) is 4.74 Å². The van der Waals surface area contributed by atoms with E-state index in [9.17, 15) is 4.21 Å². The van der Waals surface area contributed by atoms with Crippen molar-refractivity contribution in [3.05, 3.63) is 34.9 Å². The van der Waals surface area contributed by atoms with Gasteiger partial charge in [-0.3, -0.25) is 4.21 Å². The van der Waals surface area contributed by atoms with E-state index in [1.807, 2.05) is 6.92 Å². The second kappa shape index (κ2) is 7.52. The van der Waals surface area contributed by atoms with Gasteiger partial charge in [-0.1, -0.05) is 30.7 Å². The van der Waals surface area contributed by atoms with Gasteiger partial charge in [0.2, 0.25) is 0 Å². The standard InChI is InChI=1S/C17H27NO2S/c1-5-18-16(15-10-12(2)6-7-13(15)3)11-21(19)17-8-9-20-14(17)4/h6-7,10,14,16-18H,5,8-9,11H2,1-4H3. The summed E-state index contributed by atoms with van der Waals surface area (Å²) in [6.45, 7) is 10.00. The van der Waals surface area contributed by atoms with Crippen LogP contribution in [0.1, 0.15) is 43.0 Å². The molecule has 1 aromatic rings. The van der Waals surface area contributed by atoms with Gasteiger partial charge < -0.3 is 10.1 Å². The normalized spacial score (nSPS) is 25.0. The van der Waals surface area contributed by atoms with Crippen molar-refractivity contribution in [3.63, 3.8) is 0 Å². The van der Waals surface area contributed by atoms with Crippen molar-refractivity contribution >= 4 is 10.8 Å². The highest BCUT2D eigenvalue weighted by Gasteiger charge is 2.31. The average molecular weight is 309 g/mol. The van der Waals surface area contributed by atoms with Crippen LogP contribution in [0, 0.1) is 13.8 Å². The number of benzene rings is 1. The third-order valence-corrected chi connectivity index (χ3v) is 6.19. The molecule has 0 aromatic heterocycles. The van der Waals surface area contributed by atoms with E-state index < -0.39 is 10.8 Å². The summed E-state index contributed by atoms with van der Waals surface area (Å²) >= 11 is 0. The molecule has 0 amide bonds. The van der Waals surface area contributed by atoms with Gasteiger partial charge in [-0.15, -0.1) is 0 Å². The van der Waals surface area contributed by atoms with Crippen LogP contribution in [0.15, 0.2) is 18.2 Å². The van der Waals surface area contributed by atoms with Gasteiger partial charge in [-0.25, -0.2) is 0 Å². The second-order valence-corrected chi connectivity index (χ2v) is 7.62. The lowest BCUT2D eigenvalue weighted by Crippen LogP contribution is -2.32. The Bertz CT molecular complexity index is 504. The third kappa shape index (κ3) is 4.15. The first-order chi connectivity index (χ1) is 10.0. The Morgan fingerprint density at radius 2 is 2.19 bits per heavy atom. The Morgan fingerprint density at radius 1 is 1.43 bits per heavy atom. The molecule has 0 radical (unpaired) electrons. The summed E-state index contributed by atoms with van der Waals surface area (Å²) < 4.78 is 18.3. The minimum absolute atomic E-state index is 0.117. The second-order valence-electron chi connectivity index (χ2n) is 5.92. The van der Waals surface area contributed by atoms with Crippen molar-refractivity contribution in [1.82, 2.24) is 5.32 Å². The molecular formula is C17H27NO2S. The van der Waals surface area contributed by atoms with Gasteiger partial charge in [0.1, 0.15) is 0 Å². The first-order valence-corrected chi connectivity index (χ1v) is 9.20. The van der Waals surface area contributed by atoms with E-state index in [2.05, 4.69) is 44.3 Å². The first kappa shape index (κ1) is 16.7. The van der Waals surface area contributed by atoms with Crippen LogP contribution in [-0.2, 0) is 15.5 Å². The molecule has 2 rings (SSSR count). The van der Waals surface area contributed by atoms with E-state index in [1.54, 1.807) is 0 Å². The summed E-state index contributed by atoms with van der Waals surface area (Å²) in [4.78, 5) is 0. The Labute approximate surface area is 130 Å². The van der Waals surface area contributed by atoms with Gasteiger partial charge in [0.15, 0.2) is 0 Å². The smallest absolute Gasteiger partial charge is 0.0691 e. The summed E-state index contributed by atoms with van der Waals surface area (Å²) in [5.74, 6) is 0.663. The Hall–Kier alpha value is -0.710. The minimum atomic E-state index is -0.860. The largest absolute Gasteiger partial charge is 0.377 e. The molecule has 1 N–H and O–H groups in total. The molecule has 3 nitrogen and oxygen atoms in total. The zero-order valence-electron chi connectivity index (χ0n) is 13.5. The summed E-state index contributed by atoms with van der Waals surface area (Å²) in [5.41, 5.74) is 3.79. The summed E-state index contributed by atoms with van der Waals surface area (Å²) in [6, 6.07) is 6.66. The van der Waals surface area contributed by atoms with Gasteiger partial charge in [0.05, 0.1) is 11.4 Å². The topological polar surface area (TPSA) is 38.3 Å². The fraction of sp³-hybridized carbons (Fsp3) is 0.647. The molecule has 0 aliphatic carbocycles. The maximum atomic E-state index is 12.7. The van der Waals surface area contributed by atoms with Crippen LogP contribution in [0.4, 0.5) is 0 Å². The quantitative estimate of drug-likeness (QED) is 0.878. The molecule has 4 unspecified atom stereocenters. The lowest BCUT2D eigenvalue weighted by molar-refractivity contribution is 0.127. The average Bonchev–Trinajstić information content (AvgIpc) is 2.87. The highest BCUT2D eigenvalue weighted by Crippen LogP contribution is 2.25. The minimum Gasteiger partial charge on any atom is -0.377 e. The maximum Gasteiger partial charge on any atom is 0.0691 e. The molecule has 4 heteroatoms. The monoisotopic (exact) mass is 309 g/mol. The Morgan fingerprint density at radius 3 is 2.81 bits per heavy atom. The van der Waals surface area contributed by atoms with Crippen molar-refractivity contribution in [2.75, 3.05) is 18.9 Å². The Kier molecular flexibility index (Phi) is 5.97. The molecule has 118 valence electrons. The summed E-state index contributed by atoms with van der Waals surface area (Å²) in [7, 11) is -0.860. The predicted octanol–water partition coefficient (Wildman–Crippen LogP) is 2.88. The van der Waals surface area contributed by atoms with E-state index in [0.717, 1.165) is 19.6 Å². The van der Waals surface area contributed by atoms with Crippen molar-refractivity contribution in [1.29, 1.82) is 0 Å². The molecule has 0 spiro atoms. The molecule has 21 heavy (non-hydrogen) atoms. The van der Waals surface area contributed by atoms with Gasteiger partial charge in [0, 0.05) is 29.2 Å². The number of nitrogens with one attached hydrogen (secondary N) is 1. The maximum absolute atomic E-state index is 12.7. The molecule has 4 atom stereocenters. The van der Waals surface area contributed by atoms with E-state index in [1.165, 1.54) is 16.7 Å². The van der Waals surface area contributed by atoms with Gasteiger partial charge >= 0.3 is 0 Å². The Balaban J connectivity index is 2.15. The molecule has 1 aromatic carbocycles. The van der Waals surface area contributed by atoms with Crippen LogP contribution < -0.4 is 5.32 Å². The lowest BCUT2D eigenvalue weighted by Gasteiger charge is -2.23. The number of rotatable bonds is 6. The van der Waals surface area contributed by atoms with E-state index >= 15 is 0 Å². The zero-order valence-corrected chi connectivity index (χ0v) is 14.3. The van der Waals surface area contributed by atoms with Crippen molar-refractivity contribution in [2.45, 2.75) is 51.5 Å². The number of ether oxygens (including phenoxy) is 1. The SMILES string of the molecule is CCNC(CS(=O)C1CCOC1C)c1cc(C)ccc1C. The fourth-order valence-corrected chi connectivity index (χ4v) is 4.72. The number of hydrogen-bond acceptors (Lipinski definition) is 3.